The van der Waals surface area contributed by atoms with Gasteiger partial charge in [0.2, 0.25) is 11.8 Å². The monoisotopic (exact) mass is 640 g/mol. The van der Waals surface area contributed by atoms with E-state index in [9.17, 15) is 19.2 Å². The molecule has 0 radical (unpaired) electrons. The number of hydrogen-bond acceptors (Lipinski definition) is 7. The number of nitrogens with one attached hydrogen (secondary N) is 4. The highest BCUT2D eigenvalue weighted by Crippen LogP contribution is 2.31. The normalized spacial score (nSPS) is 12.1. The van der Waals surface area contributed by atoms with Crippen LogP contribution in [0.15, 0.2) is 66.7 Å². The smallest absolute Gasteiger partial charge is 0.254 e. The molecule has 4 N–H and O–H groups in total. The van der Waals surface area contributed by atoms with E-state index in [2.05, 4.69) is 26.1 Å². The summed E-state index contributed by atoms with van der Waals surface area (Å²) in [5, 5.41) is 16.7. The van der Waals surface area contributed by atoms with Crippen molar-refractivity contribution in [2.24, 2.45) is 5.92 Å². The second-order valence-corrected chi connectivity index (χ2v) is 11.7. The molecule has 0 aliphatic carbocycles. The summed E-state index contributed by atoms with van der Waals surface area (Å²) >= 11 is 0. The third kappa shape index (κ3) is 8.87. The van der Waals surface area contributed by atoms with Crippen molar-refractivity contribution in [2.45, 2.75) is 26.7 Å². The molecule has 0 saturated heterocycles. The lowest BCUT2D eigenvalue weighted by molar-refractivity contribution is -0.126. The summed E-state index contributed by atoms with van der Waals surface area (Å²) in [5.41, 5.74) is 3.66. The Hall–Kier alpha value is -5.39. The van der Waals surface area contributed by atoms with Crippen LogP contribution in [0.2, 0.25) is 0 Å². The molecule has 0 atom stereocenters. The Morgan fingerprint density at radius 1 is 0.830 bits per heavy atom. The van der Waals surface area contributed by atoms with Gasteiger partial charge in [-0.3, -0.25) is 24.3 Å². The van der Waals surface area contributed by atoms with E-state index in [1.807, 2.05) is 50.2 Å². The highest BCUT2D eigenvalue weighted by atomic mass is 16.6. The number of carbonyl (C=O) groups is 4. The molecular weight excluding hydrogens is 600 g/mol. The molecule has 0 unspecified atom stereocenters. The fraction of sp³-hybridized carbons (Fsp3) is 0.343. The second kappa shape index (κ2) is 15.7. The van der Waals surface area contributed by atoms with Crippen LogP contribution in [-0.2, 0) is 9.59 Å². The summed E-state index contributed by atoms with van der Waals surface area (Å²) in [4.78, 5) is 52.2. The molecule has 0 bridgehead atoms. The molecule has 47 heavy (non-hydrogen) atoms. The Balaban J connectivity index is 0.982. The average molecular weight is 641 g/mol. The molecule has 1 aromatic heterocycles. The van der Waals surface area contributed by atoms with Gasteiger partial charge in [-0.15, -0.1) is 0 Å². The summed E-state index contributed by atoms with van der Waals surface area (Å²) in [6.45, 7) is 5.63. The molecule has 4 amide bonds. The molecule has 12 nitrogen and oxygen atoms in total. The van der Waals surface area contributed by atoms with Crippen LogP contribution in [0, 0.1) is 5.92 Å². The number of aromatic nitrogens is 2. The molecule has 4 aromatic rings. The molecule has 5 rings (SSSR count). The van der Waals surface area contributed by atoms with E-state index in [-0.39, 0.29) is 36.7 Å². The largest absolute Gasteiger partial charge is 0.486 e. The molecule has 1 aliphatic rings. The SMILES string of the molecule is CC(C)CN(CC(=O)NCC(=O)NCCCCNC(=O)c1ccc(-c2n[nH]c3ccccc23)cc1)C(=O)c1ccc2c(c1)OCCO2. The van der Waals surface area contributed by atoms with Crippen molar-refractivity contribution in [3.63, 3.8) is 0 Å². The number of ether oxygens (including phenoxy) is 2. The zero-order valence-electron chi connectivity index (χ0n) is 26.6. The van der Waals surface area contributed by atoms with E-state index >= 15 is 0 Å². The lowest BCUT2D eigenvalue weighted by Gasteiger charge is -2.25. The van der Waals surface area contributed by atoms with Crippen LogP contribution in [0.5, 0.6) is 11.5 Å². The van der Waals surface area contributed by atoms with Crippen LogP contribution in [0.3, 0.4) is 0 Å². The van der Waals surface area contributed by atoms with Crippen LogP contribution in [0.25, 0.3) is 22.2 Å². The van der Waals surface area contributed by atoms with Gasteiger partial charge in [0.05, 0.1) is 24.3 Å². The predicted molar refractivity (Wildman–Crippen MR) is 177 cm³/mol. The minimum absolute atomic E-state index is 0.131. The van der Waals surface area contributed by atoms with E-state index < -0.39 is 5.91 Å². The minimum Gasteiger partial charge on any atom is -0.486 e. The second-order valence-electron chi connectivity index (χ2n) is 11.7. The molecular formula is C35H40N6O6. The van der Waals surface area contributed by atoms with Crippen molar-refractivity contribution in [1.29, 1.82) is 0 Å². The number of nitrogens with zero attached hydrogens (tertiary/aromatic N) is 2. The molecule has 12 heteroatoms. The molecule has 2 heterocycles. The molecule has 246 valence electrons. The number of hydrogen-bond donors (Lipinski definition) is 4. The Labute approximate surface area is 273 Å². The van der Waals surface area contributed by atoms with Crippen LogP contribution in [-0.4, -0.2) is 84.7 Å². The molecule has 0 fully saturated rings. The summed E-state index contributed by atoms with van der Waals surface area (Å²) < 4.78 is 11.1. The van der Waals surface area contributed by atoms with Gasteiger partial charge in [0, 0.05) is 41.7 Å². The molecule has 0 saturated carbocycles. The topological polar surface area (TPSA) is 155 Å². The van der Waals surface area contributed by atoms with Crippen molar-refractivity contribution >= 4 is 34.5 Å². The predicted octanol–water partition coefficient (Wildman–Crippen LogP) is 3.54. The first-order chi connectivity index (χ1) is 22.8. The number of fused-ring (bicyclic) bond motifs is 2. The van der Waals surface area contributed by atoms with Crippen LogP contribution < -0.4 is 25.4 Å². The Morgan fingerprint density at radius 2 is 1.53 bits per heavy atom. The van der Waals surface area contributed by atoms with Crippen molar-refractivity contribution in [2.75, 3.05) is 45.9 Å². The van der Waals surface area contributed by atoms with Crippen molar-refractivity contribution in [3.05, 3.63) is 77.9 Å². The summed E-state index contributed by atoms with van der Waals surface area (Å²) in [7, 11) is 0. The van der Waals surface area contributed by atoms with Gasteiger partial charge >= 0.3 is 0 Å². The van der Waals surface area contributed by atoms with E-state index in [4.69, 9.17) is 9.47 Å². The van der Waals surface area contributed by atoms with Crippen LogP contribution in [0.4, 0.5) is 0 Å². The highest BCUT2D eigenvalue weighted by molar-refractivity contribution is 5.98. The van der Waals surface area contributed by atoms with Gasteiger partial charge in [-0.1, -0.05) is 44.2 Å². The first kappa shape index (κ1) is 33.0. The van der Waals surface area contributed by atoms with Gasteiger partial charge in [0.15, 0.2) is 11.5 Å². The van der Waals surface area contributed by atoms with E-state index in [0.717, 1.165) is 22.2 Å². The lowest BCUT2D eigenvalue weighted by atomic mass is 10.1. The standard InChI is InChI=1S/C35H40N6O6/c1-23(2)21-41(35(45)26-13-14-29-30(19-26)47-18-17-46-29)22-32(43)38-20-31(42)36-15-5-6-16-37-34(44)25-11-9-24(10-12-25)33-27-7-3-4-8-28(27)39-40-33/h3-4,7-14,19,23H,5-6,15-18,20-22H2,1-2H3,(H,36,42)(H,37,44)(H,38,43)(H,39,40). The number of unbranched alkanes of at least 4 members (excludes halogenated alkanes) is 1. The summed E-state index contributed by atoms with van der Waals surface area (Å²) in [6, 6.07) is 20.2. The molecule has 1 aliphatic heterocycles. The molecule has 0 spiro atoms. The van der Waals surface area contributed by atoms with E-state index in [1.165, 1.54) is 4.90 Å². The van der Waals surface area contributed by atoms with Gasteiger partial charge < -0.3 is 30.3 Å². The maximum Gasteiger partial charge on any atom is 0.254 e. The first-order valence-electron chi connectivity index (χ1n) is 15.8. The number of amides is 4. The highest BCUT2D eigenvalue weighted by Gasteiger charge is 2.22. The Bertz CT molecular complexity index is 1720. The van der Waals surface area contributed by atoms with Gasteiger partial charge in [-0.25, -0.2) is 0 Å². The fourth-order valence-corrected chi connectivity index (χ4v) is 5.23. The number of carbonyl (C=O) groups excluding carboxylic acids is 4. The van der Waals surface area contributed by atoms with Gasteiger partial charge in [0.1, 0.15) is 13.2 Å². The lowest BCUT2D eigenvalue weighted by Crippen LogP contribution is -2.45. The number of rotatable bonds is 14. The summed E-state index contributed by atoms with van der Waals surface area (Å²) in [6.07, 6.45) is 1.32. The fourth-order valence-electron chi connectivity index (χ4n) is 5.23. The van der Waals surface area contributed by atoms with Gasteiger partial charge in [-0.05, 0) is 55.2 Å². The maximum atomic E-state index is 13.2. The first-order valence-corrected chi connectivity index (χ1v) is 15.8. The van der Waals surface area contributed by atoms with Crippen LogP contribution >= 0.6 is 0 Å². The van der Waals surface area contributed by atoms with Crippen molar-refractivity contribution in [1.82, 2.24) is 31.0 Å². The Kier molecular flexibility index (Phi) is 11.1. The van der Waals surface area contributed by atoms with E-state index in [1.54, 1.807) is 30.3 Å². The average Bonchev–Trinajstić information content (AvgIpc) is 3.52. The quantitative estimate of drug-likeness (QED) is 0.154. The van der Waals surface area contributed by atoms with Crippen molar-refractivity contribution < 1.29 is 28.7 Å². The summed E-state index contributed by atoms with van der Waals surface area (Å²) in [5.74, 6) is -0.0256. The Morgan fingerprint density at radius 3 is 2.30 bits per heavy atom. The van der Waals surface area contributed by atoms with E-state index in [0.29, 0.717) is 68.3 Å². The van der Waals surface area contributed by atoms with Crippen molar-refractivity contribution in [3.8, 4) is 22.8 Å². The van der Waals surface area contributed by atoms with Crippen LogP contribution in [0.1, 0.15) is 47.4 Å². The third-order valence-corrected chi connectivity index (χ3v) is 7.54. The van der Waals surface area contributed by atoms with Gasteiger partial charge in [0.25, 0.3) is 11.8 Å². The number of H-pyrrole nitrogens is 1. The zero-order valence-corrected chi connectivity index (χ0v) is 26.6. The number of aromatic amines is 1. The number of para-hydroxylation sites is 1. The zero-order chi connectivity index (χ0) is 33.2. The number of benzene rings is 3. The maximum absolute atomic E-state index is 13.2. The third-order valence-electron chi connectivity index (χ3n) is 7.54. The van der Waals surface area contributed by atoms with Gasteiger partial charge in [-0.2, -0.15) is 5.10 Å². The molecule has 3 aromatic carbocycles. The minimum atomic E-state index is -0.430.